The Hall–Kier alpha value is -0.120. The second-order valence-corrected chi connectivity index (χ2v) is 6.82. The highest BCUT2D eigenvalue weighted by atomic mass is 15.2. The van der Waals surface area contributed by atoms with Crippen molar-refractivity contribution in [1.29, 1.82) is 0 Å². The summed E-state index contributed by atoms with van der Waals surface area (Å²) in [5, 5.41) is 0. The largest absolute Gasteiger partial charge is 0.329 e. The Balaban J connectivity index is 2.00. The maximum atomic E-state index is 6.24. The number of rotatable bonds is 4. The van der Waals surface area contributed by atoms with Gasteiger partial charge in [0.2, 0.25) is 0 Å². The van der Waals surface area contributed by atoms with Crippen LogP contribution in [0.1, 0.15) is 52.4 Å². The van der Waals surface area contributed by atoms with E-state index in [0.29, 0.717) is 5.54 Å². The number of nitrogens with zero attached hydrogens (tertiary/aromatic N) is 2. The van der Waals surface area contributed by atoms with Crippen molar-refractivity contribution in [1.82, 2.24) is 9.80 Å². The summed E-state index contributed by atoms with van der Waals surface area (Å²) in [5.41, 5.74) is 6.55. The van der Waals surface area contributed by atoms with E-state index in [1.807, 2.05) is 0 Å². The molecule has 0 aliphatic carbocycles. The number of piperidine rings is 1. The molecule has 2 rings (SSSR count). The summed E-state index contributed by atoms with van der Waals surface area (Å²) in [5.74, 6) is 0.854. The van der Waals surface area contributed by atoms with E-state index in [2.05, 4.69) is 23.6 Å². The Kier molecular flexibility index (Phi) is 5.67. The van der Waals surface area contributed by atoms with E-state index in [1.54, 1.807) is 0 Å². The van der Waals surface area contributed by atoms with Crippen LogP contribution in [0.2, 0.25) is 0 Å². The molecule has 2 aliphatic heterocycles. The lowest BCUT2D eigenvalue weighted by Crippen LogP contribution is -2.57. The van der Waals surface area contributed by atoms with Crippen LogP contribution in [0.3, 0.4) is 0 Å². The fourth-order valence-electron chi connectivity index (χ4n) is 4.04. The summed E-state index contributed by atoms with van der Waals surface area (Å²) in [6.45, 7) is 11.9. The lowest BCUT2D eigenvalue weighted by molar-refractivity contribution is 0.0397. The first-order valence-electron chi connectivity index (χ1n) is 8.37. The molecular formula is C16H33N3. The van der Waals surface area contributed by atoms with Crippen LogP contribution in [0.5, 0.6) is 0 Å². The van der Waals surface area contributed by atoms with Crippen LogP contribution >= 0.6 is 0 Å². The highest BCUT2D eigenvalue weighted by Crippen LogP contribution is 2.32. The van der Waals surface area contributed by atoms with Crippen molar-refractivity contribution in [2.24, 2.45) is 11.7 Å². The molecule has 19 heavy (non-hydrogen) atoms. The van der Waals surface area contributed by atoms with Gasteiger partial charge in [-0.3, -0.25) is 4.90 Å². The summed E-state index contributed by atoms with van der Waals surface area (Å²) in [6, 6.07) is 0. The smallest absolute Gasteiger partial charge is 0.0344 e. The highest BCUT2D eigenvalue weighted by Gasteiger charge is 2.38. The van der Waals surface area contributed by atoms with Crippen molar-refractivity contribution < 1.29 is 0 Å². The van der Waals surface area contributed by atoms with Crippen molar-refractivity contribution in [3.8, 4) is 0 Å². The summed E-state index contributed by atoms with van der Waals surface area (Å²) >= 11 is 0. The molecule has 0 aromatic carbocycles. The maximum absolute atomic E-state index is 6.24. The van der Waals surface area contributed by atoms with Crippen molar-refractivity contribution >= 4 is 0 Å². The summed E-state index contributed by atoms with van der Waals surface area (Å²) < 4.78 is 0. The predicted octanol–water partition coefficient (Wildman–Crippen LogP) is 2.31. The van der Waals surface area contributed by atoms with Gasteiger partial charge in [-0.1, -0.05) is 13.8 Å². The Morgan fingerprint density at radius 2 is 2.00 bits per heavy atom. The molecule has 112 valence electrons. The lowest BCUT2D eigenvalue weighted by Gasteiger charge is -2.46. The van der Waals surface area contributed by atoms with Gasteiger partial charge < -0.3 is 10.6 Å². The zero-order valence-electron chi connectivity index (χ0n) is 13.0. The first kappa shape index (κ1) is 15.3. The molecule has 3 heteroatoms. The molecule has 2 fully saturated rings. The zero-order valence-corrected chi connectivity index (χ0v) is 13.0. The van der Waals surface area contributed by atoms with E-state index in [9.17, 15) is 0 Å². The third-order valence-corrected chi connectivity index (χ3v) is 5.26. The van der Waals surface area contributed by atoms with E-state index < -0.39 is 0 Å². The molecule has 0 aromatic rings. The molecule has 2 N–H and O–H groups in total. The van der Waals surface area contributed by atoms with Crippen molar-refractivity contribution in [3.63, 3.8) is 0 Å². The van der Waals surface area contributed by atoms with Gasteiger partial charge in [-0.15, -0.1) is 0 Å². The number of hydrogen-bond donors (Lipinski definition) is 1. The topological polar surface area (TPSA) is 32.5 Å². The molecule has 2 heterocycles. The van der Waals surface area contributed by atoms with Gasteiger partial charge >= 0.3 is 0 Å². The maximum Gasteiger partial charge on any atom is 0.0344 e. The third kappa shape index (κ3) is 3.71. The standard InChI is InChI=1S/C16H33N3/c1-3-9-18-10-5-7-16(14-17,8-12-18)19-11-4-6-15(2)13-19/h15H,3-14,17H2,1-2H3. The van der Waals surface area contributed by atoms with Crippen molar-refractivity contribution in [2.75, 3.05) is 39.3 Å². The van der Waals surface area contributed by atoms with Crippen molar-refractivity contribution in [2.45, 2.75) is 57.9 Å². The lowest BCUT2D eigenvalue weighted by atomic mass is 9.85. The minimum atomic E-state index is 0.303. The zero-order chi connectivity index (χ0) is 13.7. The SMILES string of the molecule is CCCN1CCCC(CN)(N2CCCC(C)C2)CC1. The first-order valence-corrected chi connectivity index (χ1v) is 8.37. The van der Waals surface area contributed by atoms with E-state index in [4.69, 9.17) is 5.73 Å². The fraction of sp³-hybridized carbons (Fsp3) is 1.00. The second-order valence-electron chi connectivity index (χ2n) is 6.82. The average molecular weight is 267 g/mol. The molecule has 0 saturated carbocycles. The van der Waals surface area contributed by atoms with Gasteiger partial charge in [0.25, 0.3) is 0 Å². The van der Waals surface area contributed by atoms with E-state index >= 15 is 0 Å². The second kappa shape index (κ2) is 7.05. The monoisotopic (exact) mass is 267 g/mol. The molecule has 0 spiro atoms. The van der Waals surface area contributed by atoms with Crippen LogP contribution in [-0.4, -0.2) is 54.6 Å². The third-order valence-electron chi connectivity index (χ3n) is 5.26. The summed E-state index contributed by atoms with van der Waals surface area (Å²) in [7, 11) is 0. The highest BCUT2D eigenvalue weighted by molar-refractivity contribution is 4.96. The fourth-order valence-corrected chi connectivity index (χ4v) is 4.04. The Morgan fingerprint density at radius 3 is 2.68 bits per heavy atom. The minimum absolute atomic E-state index is 0.303. The molecule has 3 nitrogen and oxygen atoms in total. The number of nitrogens with two attached hydrogens (primary N) is 1. The molecule has 2 atom stereocenters. The van der Waals surface area contributed by atoms with Gasteiger partial charge in [0.15, 0.2) is 0 Å². The van der Waals surface area contributed by atoms with E-state index in [1.165, 1.54) is 71.2 Å². The van der Waals surface area contributed by atoms with Gasteiger partial charge in [0.1, 0.15) is 0 Å². The molecule has 2 saturated heterocycles. The minimum Gasteiger partial charge on any atom is -0.329 e. The van der Waals surface area contributed by atoms with E-state index in [-0.39, 0.29) is 0 Å². The average Bonchev–Trinajstić information content (AvgIpc) is 2.63. The molecule has 0 aromatic heterocycles. The Bertz CT molecular complexity index is 269. The van der Waals surface area contributed by atoms with Gasteiger partial charge in [0, 0.05) is 18.6 Å². The van der Waals surface area contributed by atoms with Gasteiger partial charge in [-0.25, -0.2) is 0 Å². The van der Waals surface area contributed by atoms with Crippen molar-refractivity contribution in [3.05, 3.63) is 0 Å². The van der Waals surface area contributed by atoms with Gasteiger partial charge in [-0.05, 0) is 70.6 Å². The normalized spacial score (nSPS) is 35.2. The summed E-state index contributed by atoms with van der Waals surface area (Å²) in [4.78, 5) is 5.39. The van der Waals surface area contributed by atoms with Gasteiger partial charge in [0.05, 0.1) is 0 Å². The van der Waals surface area contributed by atoms with Crippen LogP contribution in [0, 0.1) is 5.92 Å². The molecule has 0 radical (unpaired) electrons. The van der Waals surface area contributed by atoms with Crippen LogP contribution in [0.15, 0.2) is 0 Å². The first-order chi connectivity index (χ1) is 9.20. The Morgan fingerprint density at radius 1 is 1.16 bits per heavy atom. The van der Waals surface area contributed by atoms with Gasteiger partial charge in [-0.2, -0.15) is 0 Å². The molecular weight excluding hydrogens is 234 g/mol. The van der Waals surface area contributed by atoms with Crippen LogP contribution in [0.25, 0.3) is 0 Å². The molecule has 0 amide bonds. The van der Waals surface area contributed by atoms with E-state index in [0.717, 1.165) is 12.5 Å². The van der Waals surface area contributed by atoms with Crippen LogP contribution < -0.4 is 5.73 Å². The Labute approximate surface area is 119 Å². The van der Waals surface area contributed by atoms with Crippen LogP contribution in [-0.2, 0) is 0 Å². The molecule has 2 unspecified atom stereocenters. The number of likely N-dealkylation sites (tertiary alicyclic amines) is 2. The molecule has 2 aliphatic rings. The van der Waals surface area contributed by atoms with Crippen LogP contribution in [0.4, 0.5) is 0 Å². The number of hydrogen-bond acceptors (Lipinski definition) is 3. The summed E-state index contributed by atoms with van der Waals surface area (Å²) in [6.07, 6.45) is 7.94. The predicted molar refractivity (Wildman–Crippen MR) is 82.3 cm³/mol. The molecule has 0 bridgehead atoms. The quantitative estimate of drug-likeness (QED) is 0.848.